The predicted molar refractivity (Wildman–Crippen MR) is 80.3 cm³/mol. The van der Waals surface area contributed by atoms with Gasteiger partial charge in [0.05, 0.1) is 19.8 Å². The summed E-state index contributed by atoms with van der Waals surface area (Å²) in [5.41, 5.74) is 0.234. The van der Waals surface area contributed by atoms with Crippen LogP contribution in [0.25, 0.3) is 0 Å². The lowest BCUT2D eigenvalue weighted by molar-refractivity contribution is -0.137. The Labute approximate surface area is 134 Å². The maximum absolute atomic E-state index is 12.0. The van der Waals surface area contributed by atoms with Gasteiger partial charge in [-0.1, -0.05) is 0 Å². The summed E-state index contributed by atoms with van der Waals surface area (Å²) < 4.78 is 17.0. The van der Waals surface area contributed by atoms with Crippen LogP contribution < -0.4 is 10.1 Å². The highest BCUT2D eigenvalue weighted by Gasteiger charge is 2.19. The van der Waals surface area contributed by atoms with Crippen molar-refractivity contribution in [1.82, 2.24) is 20.0 Å². The van der Waals surface area contributed by atoms with Gasteiger partial charge in [-0.15, -0.1) is 0 Å². The Morgan fingerprint density at radius 3 is 2.83 bits per heavy atom. The van der Waals surface area contributed by atoms with Gasteiger partial charge in [-0.05, 0) is 0 Å². The van der Waals surface area contributed by atoms with Crippen molar-refractivity contribution >= 4 is 11.8 Å². The molecule has 0 aromatic carbocycles. The van der Waals surface area contributed by atoms with E-state index in [4.69, 9.17) is 14.2 Å². The Morgan fingerprint density at radius 2 is 2.13 bits per heavy atom. The van der Waals surface area contributed by atoms with E-state index in [2.05, 4.69) is 10.4 Å². The molecule has 1 aliphatic rings. The molecule has 2 heterocycles. The highest BCUT2D eigenvalue weighted by atomic mass is 16.5. The summed E-state index contributed by atoms with van der Waals surface area (Å²) in [5, 5.41) is 6.75. The van der Waals surface area contributed by atoms with Gasteiger partial charge in [0, 0.05) is 39.9 Å². The lowest BCUT2D eigenvalue weighted by Crippen LogP contribution is -2.43. The number of nitrogens with one attached hydrogen (secondary N) is 1. The minimum Gasteiger partial charge on any atom is -0.468 e. The summed E-state index contributed by atoms with van der Waals surface area (Å²) in [6, 6.07) is 1.51. The zero-order chi connectivity index (χ0) is 16.7. The Balaban J connectivity index is 1.85. The number of amides is 2. The predicted octanol–water partition coefficient (Wildman–Crippen LogP) is -0.966. The normalized spacial score (nSPS) is 14.6. The van der Waals surface area contributed by atoms with E-state index in [0.29, 0.717) is 45.3 Å². The number of carbonyl (C=O) groups excluding carboxylic acids is 2. The van der Waals surface area contributed by atoms with Gasteiger partial charge in [0.1, 0.15) is 0 Å². The molecule has 0 atom stereocenters. The highest BCUT2D eigenvalue weighted by molar-refractivity contribution is 5.92. The van der Waals surface area contributed by atoms with Gasteiger partial charge in [-0.2, -0.15) is 5.10 Å². The molecule has 0 spiro atoms. The lowest BCUT2D eigenvalue weighted by Gasteiger charge is -2.26. The van der Waals surface area contributed by atoms with Crippen LogP contribution in [0.1, 0.15) is 10.5 Å². The first-order chi connectivity index (χ1) is 11.1. The Kier molecular flexibility index (Phi) is 6.36. The van der Waals surface area contributed by atoms with E-state index < -0.39 is 0 Å². The molecular formula is C14H22N4O5. The number of aryl methyl sites for hydroxylation is 1. The second kappa shape index (κ2) is 8.49. The second-order valence-electron chi connectivity index (χ2n) is 5.02. The quantitative estimate of drug-likeness (QED) is 0.648. The van der Waals surface area contributed by atoms with Crippen molar-refractivity contribution in [3.63, 3.8) is 0 Å². The van der Waals surface area contributed by atoms with Crippen LogP contribution in [0.2, 0.25) is 0 Å². The van der Waals surface area contributed by atoms with Crippen LogP contribution in [-0.2, 0) is 21.3 Å². The summed E-state index contributed by atoms with van der Waals surface area (Å²) in [5.74, 6) is -0.0592. The molecule has 0 saturated carbocycles. The van der Waals surface area contributed by atoms with E-state index in [9.17, 15) is 9.59 Å². The van der Waals surface area contributed by atoms with Crippen molar-refractivity contribution in [1.29, 1.82) is 0 Å². The van der Waals surface area contributed by atoms with Crippen LogP contribution in [0.4, 0.5) is 0 Å². The average Bonchev–Trinajstić information content (AvgIpc) is 2.94. The maximum atomic E-state index is 12.0. The molecule has 0 unspecified atom stereocenters. The SMILES string of the molecule is COCCNC(=O)c1cc(OCC(=O)N2CCOCC2)n(C)n1. The van der Waals surface area contributed by atoms with E-state index in [1.54, 1.807) is 19.1 Å². The van der Waals surface area contributed by atoms with E-state index >= 15 is 0 Å². The fourth-order valence-corrected chi connectivity index (χ4v) is 2.09. The van der Waals surface area contributed by atoms with E-state index in [-0.39, 0.29) is 24.1 Å². The van der Waals surface area contributed by atoms with Crippen molar-refractivity contribution < 1.29 is 23.8 Å². The van der Waals surface area contributed by atoms with E-state index in [1.165, 1.54) is 10.7 Å². The van der Waals surface area contributed by atoms with Crippen LogP contribution in [0.15, 0.2) is 6.07 Å². The zero-order valence-electron chi connectivity index (χ0n) is 13.4. The molecule has 2 rings (SSSR count). The van der Waals surface area contributed by atoms with Crippen molar-refractivity contribution in [3.05, 3.63) is 11.8 Å². The standard InChI is InChI=1S/C14H22N4O5/c1-17-13(9-11(16-17)14(20)15-3-6-21-2)23-10-12(19)18-4-7-22-8-5-18/h9H,3-8,10H2,1-2H3,(H,15,20). The molecule has 1 fully saturated rings. The van der Waals surface area contributed by atoms with Crippen LogP contribution in [0.3, 0.4) is 0 Å². The van der Waals surface area contributed by atoms with Gasteiger partial charge in [0.2, 0.25) is 5.88 Å². The van der Waals surface area contributed by atoms with Gasteiger partial charge in [0.25, 0.3) is 11.8 Å². The first-order valence-corrected chi connectivity index (χ1v) is 7.41. The fourth-order valence-electron chi connectivity index (χ4n) is 2.09. The summed E-state index contributed by atoms with van der Waals surface area (Å²) in [7, 11) is 3.21. The zero-order valence-corrected chi connectivity index (χ0v) is 13.4. The Hall–Kier alpha value is -2.13. The minimum atomic E-state index is -0.313. The number of nitrogens with zero attached hydrogens (tertiary/aromatic N) is 3. The smallest absolute Gasteiger partial charge is 0.272 e. The van der Waals surface area contributed by atoms with Gasteiger partial charge in [-0.25, -0.2) is 4.68 Å². The molecule has 1 saturated heterocycles. The van der Waals surface area contributed by atoms with Crippen molar-refractivity contribution in [2.24, 2.45) is 7.05 Å². The molecule has 128 valence electrons. The first-order valence-electron chi connectivity index (χ1n) is 7.41. The highest BCUT2D eigenvalue weighted by Crippen LogP contribution is 2.12. The van der Waals surface area contributed by atoms with Crippen LogP contribution >= 0.6 is 0 Å². The van der Waals surface area contributed by atoms with Gasteiger partial charge >= 0.3 is 0 Å². The Morgan fingerprint density at radius 1 is 1.39 bits per heavy atom. The van der Waals surface area contributed by atoms with Crippen LogP contribution in [0, 0.1) is 0 Å². The average molecular weight is 326 g/mol. The molecule has 0 bridgehead atoms. The van der Waals surface area contributed by atoms with E-state index in [0.717, 1.165) is 0 Å². The van der Waals surface area contributed by atoms with Gasteiger partial charge in [-0.3, -0.25) is 9.59 Å². The Bertz CT molecular complexity index is 539. The first kappa shape index (κ1) is 17.2. The molecule has 1 aromatic rings. The summed E-state index contributed by atoms with van der Waals surface area (Å²) in [6.07, 6.45) is 0. The number of ether oxygens (including phenoxy) is 3. The monoisotopic (exact) mass is 326 g/mol. The number of morpholine rings is 1. The van der Waals surface area contributed by atoms with Crippen LogP contribution in [-0.4, -0.2) is 79.7 Å². The van der Waals surface area contributed by atoms with Gasteiger partial charge in [0.15, 0.2) is 12.3 Å². The molecule has 9 heteroatoms. The molecule has 0 radical (unpaired) electrons. The lowest BCUT2D eigenvalue weighted by atomic mass is 10.4. The molecule has 1 N–H and O–H groups in total. The summed E-state index contributed by atoms with van der Waals surface area (Å²) in [6.45, 7) is 2.96. The van der Waals surface area contributed by atoms with Crippen molar-refractivity contribution in [2.45, 2.75) is 0 Å². The molecule has 9 nitrogen and oxygen atoms in total. The molecule has 1 aromatic heterocycles. The third-order valence-electron chi connectivity index (χ3n) is 3.37. The number of hydrogen-bond donors (Lipinski definition) is 1. The molecule has 0 aliphatic carbocycles. The van der Waals surface area contributed by atoms with Crippen molar-refractivity contribution in [2.75, 3.05) is 53.2 Å². The molecular weight excluding hydrogens is 304 g/mol. The number of hydrogen-bond acceptors (Lipinski definition) is 6. The largest absolute Gasteiger partial charge is 0.468 e. The number of methoxy groups -OCH3 is 1. The number of carbonyl (C=O) groups is 2. The third kappa shape index (κ3) is 4.93. The fraction of sp³-hybridized carbons (Fsp3) is 0.643. The second-order valence-corrected chi connectivity index (χ2v) is 5.02. The third-order valence-corrected chi connectivity index (χ3v) is 3.37. The van der Waals surface area contributed by atoms with Gasteiger partial charge < -0.3 is 24.4 Å². The molecule has 2 amide bonds. The van der Waals surface area contributed by atoms with E-state index in [1.807, 2.05) is 0 Å². The summed E-state index contributed by atoms with van der Waals surface area (Å²) in [4.78, 5) is 25.6. The number of rotatable bonds is 7. The van der Waals surface area contributed by atoms with Crippen molar-refractivity contribution in [3.8, 4) is 5.88 Å². The van der Waals surface area contributed by atoms with Crippen LogP contribution in [0.5, 0.6) is 5.88 Å². The summed E-state index contributed by atoms with van der Waals surface area (Å²) >= 11 is 0. The topological polar surface area (TPSA) is 94.9 Å². The number of aromatic nitrogens is 2. The molecule has 23 heavy (non-hydrogen) atoms. The maximum Gasteiger partial charge on any atom is 0.272 e. The minimum absolute atomic E-state index is 0.0930. The molecule has 1 aliphatic heterocycles.